The van der Waals surface area contributed by atoms with E-state index in [0.717, 1.165) is 28.2 Å². The first-order valence-electron chi connectivity index (χ1n) is 9.99. The maximum Gasteiger partial charge on any atom is 0.338 e. The van der Waals surface area contributed by atoms with Crippen molar-refractivity contribution in [2.75, 3.05) is 13.7 Å². The van der Waals surface area contributed by atoms with E-state index in [-0.39, 0.29) is 5.75 Å². The smallest absolute Gasteiger partial charge is 0.338 e. The van der Waals surface area contributed by atoms with E-state index >= 15 is 0 Å². The number of fused-ring (bicyclic) bond motifs is 1. The molecule has 164 valence electrons. The molecular formula is C24H22N2O5S. The first-order valence-corrected chi connectivity index (χ1v) is 10.9. The van der Waals surface area contributed by atoms with Crippen LogP contribution in [0.15, 0.2) is 46.9 Å². The Kier molecular flexibility index (Phi) is 5.96. The van der Waals surface area contributed by atoms with Gasteiger partial charge in [-0.05, 0) is 66.9 Å². The van der Waals surface area contributed by atoms with Gasteiger partial charge in [-0.3, -0.25) is 4.79 Å². The van der Waals surface area contributed by atoms with Gasteiger partial charge in [-0.15, -0.1) is 11.3 Å². The molecule has 8 heteroatoms. The Hall–Kier alpha value is -3.65. The van der Waals surface area contributed by atoms with Crippen LogP contribution in [0.25, 0.3) is 10.4 Å². The summed E-state index contributed by atoms with van der Waals surface area (Å²) in [6.07, 6.45) is 0.856. The number of hydrogen-bond donors (Lipinski definition) is 2. The number of carbonyl (C=O) groups is 2. The lowest BCUT2D eigenvalue weighted by molar-refractivity contribution is 0.0599. The predicted octanol–water partition coefficient (Wildman–Crippen LogP) is 4.30. The number of aromatic hydroxyl groups is 1. The van der Waals surface area contributed by atoms with E-state index < -0.39 is 11.9 Å². The summed E-state index contributed by atoms with van der Waals surface area (Å²) in [5, 5.41) is 16.7. The Bertz CT molecular complexity index is 1250. The van der Waals surface area contributed by atoms with Crippen LogP contribution in [0.1, 0.15) is 44.3 Å². The van der Waals surface area contributed by atoms with Crippen molar-refractivity contribution in [3.05, 3.63) is 69.6 Å². The molecule has 2 heterocycles. The molecule has 0 spiro atoms. The standard InChI is InChI=1S/C24H22N2O5S/c1-13-10-17(4-6-18(13)24(29)30-3)23(28)26-25-14(2)19-12-32-22(21(19)27)16-5-7-20-15(11-16)8-9-31-20/h4-7,10-12,27H,8-9H2,1-3H3,(H,26,28)/b25-14+. The van der Waals surface area contributed by atoms with Gasteiger partial charge in [0.1, 0.15) is 11.5 Å². The van der Waals surface area contributed by atoms with Crippen LogP contribution in [-0.2, 0) is 11.2 Å². The molecule has 0 atom stereocenters. The molecule has 7 nitrogen and oxygen atoms in total. The number of amides is 1. The maximum absolute atomic E-state index is 12.5. The number of esters is 1. The summed E-state index contributed by atoms with van der Waals surface area (Å²) >= 11 is 1.41. The largest absolute Gasteiger partial charge is 0.506 e. The second-order valence-electron chi connectivity index (χ2n) is 7.41. The number of ether oxygens (including phenoxy) is 2. The number of rotatable bonds is 5. The average molecular weight is 451 g/mol. The van der Waals surface area contributed by atoms with E-state index in [1.165, 1.54) is 24.5 Å². The lowest BCUT2D eigenvalue weighted by Gasteiger charge is -2.07. The molecule has 0 radical (unpaired) electrons. The molecule has 1 aliphatic rings. The fourth-order valence-corrected chi connectivity index (χ4v) is 4.55. The summed E-state index contributed by atoms with van der Waals surface area (Å²) in [5.74, 6) is 0.142. The molecule has 2 N–H and O–H groups in total. The van der Waals surface area contributed by atoms with Crippen LogP contribution in [0.4, 0.5) is 0 Å². The van der Waals surface area contributed by atoms with Gasteiger partial charge >= 0.3 is 5.97 Å². The Morgan fingerprint density at radius 1 is 1.19 bits per heavy atom. The van der Waals surface area contributed by atoms with Gasteiger partial charge in [-0.25, -0.2) is 10.2 Å². The topological polar surface area (TPSA) is 97.2 Å². The van der Waals surface area contributed by atoms with Gasteiger partial charge in [0.05, 0.1) is 35.4 Å². The Balaban J connectivity index is 1.51. The molecule has 0 saturated carbocycles. The number of hydrogen-bond acceptors (Lipinski definition) is 7. The Morgan fingerprint density at radius 2 is 2.00 bits per heavy atom. The molecule has 2 aromatic carbocycles. The third-order valence-electron chi connectivity index (χ3n) is 5.33. The summed E-state index contributed by atoms with van der Waals surface area (Å²) in [4.78, 5) is 24.9. The molecule has 0 bridgehead atoms. The molecule has 1 amide bonds. The lowest BCUT2D eigenvalue weighted by Crippen LogP contribution is -2.19. The monoisotopic (exact) mass is 450 g/mol. The summed E-state index contributed by atoms with van der Waals surface area (Å²) in [6.45, 7) is 4.12. The molecular weight excluding hydrogens is 428 g/mol. The molecule has 0 fully saturated rings. The number of carbonyl (C=O) groups excluding carboxylic acids is 2. The molecule has 0 aliphatic carbocycles. The number of benzene rings is 2. The number of nitrogens with zero attached hydrogens (tertiary/aromatic N) is 1. The van der Waals surface area contributed by atoms with Crippen LogP contribution in [0, 0.1) is 6.92 Å². The van der Waals surface area contributed by atoms with Crippen molar-refractivity contribution in [2.45, 2.75) is 20.3 Å². The number of thiophene rings is 1. The van der Waals surface area contributed by atoms with E-state index in [1.807, 2.05) is 23.6 Å². The van der Waals surface area contributed by atoms with Crippen LogP contribution in [0.5, 0.6) is 11.5 Å². The van der Waals surface area contributed by atoms with Crippen LogP contribution < -0.4 is 10.2 Å². The van der Waals surface area contributed by atoms with E-state index in [4.69, 9.17) is 9.47 Å². The highest BCUT2D eigenvalue weighted by molar-refractivity contribution is 7.14. The van der Waals surface area contributed by atoms with Gasteiger partial charge in [-0.1, -0.05) is 0 Å². The maximum atomic E-state index is 12.5. The van der Waals surface area contributed by atoms with E-state index in [0.29, 0.717) is 34.6 Å². The first-order chi connectivity index (χ1) is 15.4. The second kappa shape index (κ2) is 8.84. The highest BCUT2D eigenvalue weighted by atomic mass is 32.1. The van der Waals surface area contributed by atoms with Crippen molar-refractivity contribution in [3.63, 3.8) is 0 Å². The lowest BCUT2D eigenvalue weighted by atomic mass is 10.0. The summed E-state index contributed by atoms with van der Waals surface area (Å²) in [5.41, 5.74) is 6.98. The number of aryl methyl sites for hydroxylation is 1. The minimum absolute atomic E-state index is 0.127. The zero-order valence-electron chi connectivity index (χ0n) is 17.9. The highest BCUT2D eigenvalue weighted by Gasteiger charge is 2.18. The second-order valence-corrected chi connectivity index (χ2v) is 8.29. The van der Waals surface area contributed by atoms with E-state index in [1.54, 1.807) is 26.0 Å². The van der Waals surface area contributed by atoms with Crippen LogP contribution >= 0.6 is 11.3 Å². The van der Waals surface area contributed by atoms with Gasteiger partial charge in [0.25, 0.3) is 5.91 Å². The Morgan fingerprint density at radius 3 is 2.75 bits per heavy atom. The molecule has 4 rings (SSSR count). The van der Waals surface area contributed by atoms with Gasteiger partial charge in [0.2, 0.25) is 0 Å². The van der Waals surface area contributed by atoms with Crippen LogP contribution in [0.2, 0.25) is 0 Å². The van der Waals surface area contributed by atoms with Crippen molar-refractivity contribution in [1.82, 2.24) is 5.43 Å². The van der Waals surface area contributed by atoms with Crippen molar-refractivity contribution >= 4 is 28.9 Å². The van der Waals surface area contributed by atoms with Gasteiger partial charge < -0.3 is 14.6 Å². The van der Waals surface area contributed by atoms with Crippen molar-refractivity contribution < 1.29 is 24.2 Å². The predicted molar refractivity (Wildman–Crippen MR) is 123 cm³/mol. The van der Waals surface area contributed by atoms with Gasteiger partial charge in [0.15, 0.2) is 0 Å². The molecule has 1 aliphatic heterocycles. The quantitative estimate of drug-likeness (QED) is 0.343. The summed E-state index contributed by atoms with van der Waals surface area (Å²) in [6, 6.07) is 10.6. The zero-order valence-corrected chi connectivity index (χ0v) is 18.7. The third-order valence-corrected chi connectivity index (χ3v) is 6.34. The van der Waals surface area contributed by atoms with Crippen LogP contribution in [0.3, 0.4) is 0 Å². The SMILES string of the molecule is COC(=O)c1ccc(C(=O)N/N=C(\C)c2csc(-c3ccc4c(c3)CCO4)c2O)cc1C. The normalized spacial score (nSPS) is 12.8. The van der Waals surface area contributed by atoms with Crippen molar-refractivity contribution in [2.24, 2.45) is 5.10 Å². The zero-order chi connectivity index (χ0) is 22.8. The molecule has 1 aromatic heterocycles. The molecule has 0 saturated heterocycles. The summed E-state index contributed by atoms with van der Waals surface area (Å²) < 4.78 is 10.3. The van der Waals surface area contributed by atoms with E-state index in [9.17, 15) is 14.7 Å². The number of nitrogens with one attached hydrogen (secondary N) is 1. The molecule has 3 aromatic rings. The van der Waals surface area contributed by atoms with E-state index in [2.05, 4.69) is 10.5 Å². The Labute approximate surface area is 189 Å². The molecule has 32 heavy (non-hydrogen) atoms. The highest BCUT2D eigenvalue weighted by Crippen LogP contribution is 2.40. The van der Waals surface area contributed by atoms with Crippen molar-refractivity contribution in [3.8, 4) is 21.9 Å². The average Bonchev–Trinajstić information content (AvgIpc) is 3.42. The third kappa shape index (κ3) is 4.09. The first kappa shape index (κ1) is 21.6. The van der Waals surface area contributed by atoms with Crippen molar-refractivity contribution in [1.29, 1.82) is 0 Å². The van der Waals surface area contributed by atoms with Gasteiger partial charge in [-0.2, -0.15) is 5.10 Å². The summed E-state index contributed by atoms with van der Waals surface area (Å²) in [7, 11) is 1.31. The fourth-order valence-electron chi connectivity index (χ4n) is 3.54. The number of methoxy groups -OCH3 is 1. The van der Waals surface area contributed by atoms with Gasteiger partial charge in [0, 0.05) is 17.4 Å². The fraction of sp³-hybridized carbons (Fsp3) is 0.208. The molecule has 0 unspecified atom stereocenters. The number of hydrazone groups is 1. The minimum atomic E-state index is -0.456. The minimum Gasteiger partial charge on any atom is -0.506 e. The van der Waals surface area contributed by atoms with Crippen LogP contribution in [-0.4, -0.2) is 36.4 Å².